The summed E-state index contributed by atoms with van der Waals surface area (Å²) in [6, 6.07) is 7.16. The molecule has 0 aliphatic rings. The van der Waals surface area contributed by atoms with Crippen molar-refractivity contribution < 1.29 is 23.8 Å². The largest absolute Gasteiger partial charge is 0.491 e. The molecule has 0 aromatic heterocycles. The summed E-state index contributed by atoms with van der Waals surface area (Å²) >= 11 is 0. The molecular formula is C19H30O5. The van der Waals surface area contributed by atoms with E-state index in [1.165, 1.54) is 6.92 Å². The molecule has 1 aromatic carbocycles. The molecule has 24 heavy (non-hydrogen) atoms. The summed E-state index contributed by atoms with van der Waals surface area (Å²) in [5.74, 6) is 0.722. The number of hydrogen-bond acceptors (Lipinski definition) is 5. The van der Waals surface area contributed by atoms with Gasteiger partial charge in [-0.05, 0) is 19.1 Å². The van der Waals surface area contributed by atoms with Gasteiger partial charge in [-0.2, -0.15) is 0 Å². The van der Waals surface area contributed by atoms with Crippen molar-refractivity contribution in [2.75, 3.05) is 33.0 Å². The predicted octanol–water partition coefficient (Wildman–Crippen LogP) is 3.55. The molecule has 0 fully saturated rings. The smallest absolute Gasteiger partial charge is 0.165 e. The molecule has 0 unspecified atom stereocenters. The fraction of sp³-hybridized carbons (Fsp3) is 0.579. The highest BCUT2D eigenvalue weighted by Crippen LogP contribution is 2.16. The molecule has 0 aliphatic heterocycles. The lowest BCUT2D eigenvalue weighted by Gasteiger charge is -2.09. The molecule has 0 atom stereocenters. The lowest BCUT2D eigenvalue weighted by atomic mass is 10.0. The minimum Gasteiger partial charge on any atom is -0.491 e. The second-order valence-electron chi connectivity index (χ2n) is 5.26. The van der Waals surface area contributed by atoms with E-state index in [2.05, 4.69) is 0 Å². The SMILES string of the molecule is CC.CC(=O)COCCOCCOc1cccc(C(=O)C(C)C)c1. The first-order chi connectivity index (χ1) is 11.5. The van der Waals surface area contributed by atoms with Gasteiger partial charge >= 0.3 is 0 Å². The molecule has 5 nitrogen and oxygen atoms in total. The Morgan fingerprint density at radius 2 is 1.62 bits per heavy atom. The fourth-order valence-electron chi connectivity index (χ4n) is 1.73. The Bertz CT molecular complexity index is 482. The highest BCUT2D eigenvalue weighted by molar-refractivity contribution is 5.97. The van der Waals surface area contributed by atoms with Crippen molar-refractivity contribution in [2.24, 2.45) is 5.92 Å². The van der Waals surface area contributed by atoms with Crippen molar-refractivity contribution in [3.8, 4) is 5.75 Å². The minimum absolute atomic E-state index is 0.000778. The van der Waals surface area contributed by atoms with Crippen LogP contribution in [0.2, 0.25) is 0 Å². The van der Waals surface area contributed by atoms with Crippen LogP contribution in [0.15, 0.2) is 24.3 Å². The zero-order chi connectivity index (χ0) is 18.4. The van der Waals surface area contributed by atoms with E-state index in [0.717, 1.165) is 0 Å². The van der Waals surface area contributed by atoms with Gasteiger partial charge in [-0.15, -0.1) is 0 Å². The van der Waals surface area contributed by atoms with Crippen LogP contribution < -0.4 is 4.74 Å². The lowest BCUT2D eigenvalue weighted by molar-refractivity contribution is -0.122. The number of carbonyl (C=O) groups excluding carboxylic acids is 2. The Labute approximate surface area is 145 Å². The van der Waals surface area contributed by atoms with Crippen LogP contribution in [0.4, 0.5) is 0 Å². The van der Waals surface area contributed by atoms with E-state index in [1.807, 2.05) is 33.8 Å². The monoisotopic (exact) mass is 338 g/mol. The molecule has 136 valence electrons. The van der Waals surface area contributed by atoms with Gasteiger partial charge in [-0.1, -0.05) is 39.8 Å². The first kappa shape index (κ1) is 22.3. The number of rotatable bonds is 11. The fourth-order valence-corrected chi connectivity index (χ4v) is 1.73. The Balaban J connectivity index is 0.00000254. The van der Waals surface area contributed by atoms with E-state index < -0.39 is 0 Å². The standard InChI is InChI=1S/C17H24O5.C2H6/c1-13(2)17(19)15-5-4-6-16(11-15)22-10-9-20-7-8-21-12-14(3)18;1-2/h4-6,11,13H,7-10,12H2,1-3H3;1-2H3. The van der Waals surface area contributed by atoms with Crippen LogP contribution >= 0.6 is 0 Å². The van der Waals surface area contributed by atoms with Crippen molar-refractivity contribution in [3.63, 3.8) is 0 Å². The molecule has 0 bridgehead atoms. The van der Waals surface area contributed by atoms with Gasteiger partial charge in [-0.3, -0.25) is 9.59 Å². The maximum atomic E-state index is 11.9. The predicted molar refractivity (Wildman–Crippen MR) is 94.8 cm³/mol. The number of ether oxygens (including phenoxy) is 3. The third-order valence-corrected chi connectivity index (χ3v) is 2.82. The Morgan fingerprint density at radius 3 is 2.25 bits per heavy atom. The highest BCUT2D eigenvalue weighted by Gasteiger charge is 2.10. The number of Topliss-reactive ketones (excluding diaryl/α,β-unsaturated/α-hetero) is 2. The van der Waals surface area contributed by atoms with Crippen molar-refractivity contribution in [1.82, 2.24) is 0 Å². The molecule has 5 heteroatoms. The molecule has 1 aromatic rings. The third-order valence-electron chi connectivity index (χ3n) is 2.82. The quantitative estimate of drug-likeness (QED) is 0.456. The number of benzene rings is 1. The van der Waals surface area contributed by atoms with Gasteiger partial charge in [0.15, 0.2) is 11.6 Å². The van der Waals surface area contributed by atoms with Crippen LogP contribution in [0.5, 0.6) is 5.75 Å². The summed E-state index contributed by atoms with van der Waals surface area (Å²) in [7, 11) is 0. The summed E-state index contributed by atoms with van der Waals surface area (Å²) in [4.78, 5) is 22.5. The van der Waals surface area contributed by atoms with E-state index in [1.54, 1.807) is 18.2 Å². The van der Waals surface area contributed by atoms with E-state index in [-0.39, 0.29) is 24.1 Å². The first-order valence-electron chi connectivity index (χ1n) is 8.42. The summed E-state index contributed by atoms with van der Waals surface area (Å²) in [6.07, 6.45) is 0. The maximum Gasteiger partial charge on any atom is 0.165 e. The zero-order valence-corrected chi connectivity index (χ0v) is 15.5. The second-order valence-corrected chi connectivity index (χ2v) is 5.26. The van der Waals surface area contributed by atoms with Gasteiger partial charge in [0.05, 0.1) is 19.8 Å². The number of carbonyl (C=O) groups is 2. The Morgan fingerprint density at radius 1 is 1.00 bits per heavy atom. The van der Waals surface area contributed by atoms with Gasteiger partial charge in [0.1, 0.15) is 19.0 Å². The highest BCUT2D eigenvalue weighted by atomic mass is 16.5. The molecule has 0 radical (unpaired) electrons. The van der Waals surface area contributed by atoms with Gasteiger partial charge < -0.3 is 14.2 Å². The Hall–Kier alpha value is -1.72. The van der Waals surface area contributed by atoms with Gasteiger partial charge in [0, 0.05) is 11.5 Å². The van der Waals surface area contributed by atoms with Crippen LogP contribution in [-0.2, 0) is 14.3 Å². The van der Waals surface area contributed by atoms with Crippen LogP contribution in [0.3, 0.4) is 0 Å². The second kappa shape index (κ2) is 13.7. The number of ketones is 2. The molecule has 0 N–H and O–H groups in total. The van der Waals surface area contributed by atoms with E-state index in [0.29, 0.717) is 37.7 Å². The van der Waals surface area contributed by atoms with Crippen molar-refractivity contribution >= 4 is 11.6 Å². The van der Waals surface area contributed by atoms with Gasteiger partial charge in [0.2, 0.25) is 0 Å². The third kappa shape index (κ3) is 10.1. The molecule has 0 amide bonds. The summed E-state index contributed by atoms with van der Waals surface area (Å²) in [5, 5.41) is 0. The molecule has 0 saturated heterocycles. The topological polar surface area (TPSA) is 61.8 Å². The van der Waals surface area contributed by atoms with E-state index in [4.69, 9.17) is 14.2 Å². The van der Waals surface area contributed by atoms with Crippen LogP contribution in [0.1, 0.15) is 45.0 Å². The van der Waals surface area contributed by atoms with Crippen molar-refractivity contribution in [2.45, 2.75) is 34.6 Å². The Kier molecular flexibility index (Phi) is 12.7. The van der Waals surface area contributed by atoms with Gasteiger partial charge in [0.25, 0.3) is 0 Å². The molecule has 0 aliphatic carbocycles. The molecule has 1 rings (SSSR count). The van der Waals surface area contributed by atoms with Crippen LogP contribution in [0.25, 0.3) is 0 Å². The lowest BCUT2D eigenvalue weighted by Crippen LogP contribution is -2.13. The van der Waals surface area contributed by atoms with Crippen molar-refractivity contribution in [3.05, 3.63) is 29.8 Å². The number of hydrogen-bond donors (Lipinski definition) is 0. The first-order valence-corrected chi connectivity index (χ1v) is 8.42. The van der Waals surface area contributed by atoms with E-state index >= 15 is 0 Å². The molecule has 0 spiro atoms. The summed E-state index contributed by atoms with van der Waals surface area (Å²) in [5.41, 5.74) is 0.658. The van der Waals surface area contributed by atoms with Gasteiger partial charge in [-0.25, -0.2) is 0 Å². The molecule has 0 heterocycles. The average molecular weight is 338 g/mol. The van der Waals surface area contributed by atoms with Crippen LogP contribution in [-0.4, -0.2) is 44.6 Å². The molecular weight excluding hydrogens is 308 g/mol. The average Bonchev–Trinajstić information content (AvgIpc) is 2.58. The maximum absolute atomic E-state index is 11.9. The summed E-state index contributed by atoms with van der Waals surface area (Å²) < 4.78 is 15.9. The summed E-state index contributed by atoms with van der Waals surface area (Å²) in [6.45, 7) is 11.0. The van der Waals surface area contributed by atoms with E-state index in [9.17, 15) is 9.59 Å². The zero-order valence-electron chi connectivity index (χ0n) is 15.5. The van der Waals surface area contributed by atoms with Crippen LogP contribution in [0, 0.1) is 5.92 Å². The van der Waals surface area contributed by atoms with Crippen molar-refractivity contribution in [1.29, 1.82) is 0 Å². The normalized spacial score (nSPS) is 10.1. The minimum atomic E-state index is -0.0337. The molecule has 0 saturated carbocycles.